The molecule has 0 aliphatic heterocycles. The van der Waals surface area contributed by atoms with Gasteiger partial charge in [-0.3, -0.25) is 13.9 Å². The van der Waals surface area contributed by atoms with Crippen molar-refractivity contribution in [3.63, 3.8) is 0 Å². The Morgan fingerprint density at radius 3 is 2.16 bits per heavy atom. The lowest BCUT2D eigenvalue weighted by Crippen LogP contribution is -2.52. The van der Waals surface area contributed by atoms with Crippen molar-refractivity contribution >= 4 is 50.7 Å². The number of nitrogens with one attached hydrogen (secondary N) is 1. The van der Waals surface area contributed by atoms with Crippen molar-refractivity contribution in [2.45, 2.75) is 56.1 Å². The Hall–Kier alpha value is -3.47. The minimum atomic E-state index is -4.24. The van der Waals surface area contributed by atoms with E-state index in [1.807, 2.05) is 0 Å². The zero-order valence-corrected chi connectivity index (χ0v) is 26.6. The van der Waals surface area contributed by atoms with Crippen molar-refractivity contribution in [1.29, 1.82) is 0 Å². The summed E-state index contributed by atoms with van der Waals surface area (Å²) in [4.78, 5) is 28.9. The predicted octanol–water partition coefficient (Wildman–Crippen LogP) is 5.68. The van der Waals surface area contributed by atoms with Crippen molar-refractivity contribution in [3.8, 4) is 11.5 Å². The van der Waals surface area contributed by atoms with E-state index < -0.39 is 28.5 Å². The largest absolute Gasteiger partial charge is 0.493 e. The van der Waals surface area contributed by atoms with Crippen LogP contribution in [0.4, 0.5) is 5.69 Å². The first-order valence-electron chi connectivity index (χ1n) is 13.9. The Morgan fingerprint density at radius 1 is 0.930 bits per heavy atom. The summed E-state index contributed by atoms with van der Waals surface area (Å²) in [6.07, 6.45) is 3.78. The molecule has 1 aliphatic rings. The molecule has 1 atom stereocenters. The highest BCUT2D eigenvalue weighted by Crippen LogP contribution is 2.34. The van der Waals surface area contributed by atoms with E-state index in [-0.39, 0.29) is 34.8 Å². The normalized spacial score (nSPS) is 14.2. The van der Waals surface area contributed by atoms with Gasteiger partial charge in [0.05, 0.1) is 24.8 Å². The molecule has 0 unspecified atom stereocenters. The molecular formula is C31H35Cl2N3O6S. The van der Waals surface area contributed by atoms with E-state index in [1.54, 1.807) is 49.4 Å². The molecule has 1 fully saturated rings. The van der Waals surface area contributed by atoms with Gasteiger partial charge in [0, 0.05) is 34.3 Å². The number of ether oxygens (including phenoxy) is 2. The molecule has 4 rings (SSSR count). The summed E-state index contributed by atoms with van der Waals surface area (Å²) in [6, 6.07) is 16.4. The highest BCUT2D eigenvalue weighted by Gasteiger charge is 2.34. The lowest BCUT2D eigenvalue weighted by Gasteiger charge is -2.33. The number of carbonyl (C=O) groups excluding carboxylic acids is 2. The summed E-state index contributed by atoms with van der Waals surface area (Å²) in [5.74, 6) is -0.294. The summed E-state index contributed by atoms with van der Waals surface area (Å²) >= 11 is 12.9. The summed E-state index contributed by atoms with van der Waals surface area (Å²) in [7, 11) is -1.34. The minimum absolute atomic E-state index is 0.00897. The molecule has 2 amide bonds. The third-order valence-corrected chi connectivity index (χ3v) is 10.0. The molecule has 0 aromatic heterocycles. The highest BCUT2D eigenvalue weighted by molar-refractivity contribution is 7.92. The van der Waals surface area contributed by atoms with E-state index in [9.17, 15) is 18.0 Å². The van der Waals surface area contributed by atoms with Gasteiger partial charge in [-0.25, -0.2) is 8.42 Å². The Bertz CT molecular complexity index is 1530. The number of nitrogens with zero attached hydrogens (tertiary/aromatic N) is 2. The second-order valence-electron chi connectivity index (χ2n) is 10.3. The molecule has 0 radical (unpaired) electrons. The summed E-state index contributed by atoms with van der Waals surface area (Å²) < 4.78 is 39.7. The molecular weight excluding hydrogens is 613 g/mol. The van der Waals surface area contributed by atoms with Crippen LogP contribution >= 0.6 is 23.2 Å². The Kier molecular flexibility index (Phi) is 10.8. The van der Waals surface area contributed by atoms with E-state index in [0.29, 0.717) is 21.4 Å². The maximum Gasteiger partial charge on any atom is 0.264 e. The molecule has 12 heteroatoms. The molecule has 0 spiro atoms. The minimum Gasteiger partial charge on any atom is -0.493 e. The first-order chi connectivity index (χ1) is 20.6. The second-order valence-corrected chi connectivity index (χ2v) is 12.9. The van der Waals surface area contributed by atoms with Crippen LogP contribution in [0.25, 0.3) is 0 Å². The number of sulfonamides is 1. The molecule has 1 saturated carbocycles. The van der Waals surface area contributed by atoms with Crippen LogP contribution < -0.4 is 19.1 Å². The Morgan fingerprint density at radius 2 is 1.56 bits per heavy atom. The molecule has 3 aromatic carbocycles. The van der Waals surface area contributed by atoms with E-state index >= 15 is 0 Å². The first-order valence-corrected chi connectivity index (χ1v) is 16.1. The van der Waals surface area contributed by atoms with E-state index in [4.69, 9.17) is 32.7 Å². The van der Waals surface area contributed by atoms with Gasteiger partial charge in [0.15, 0.2) is 11.5 Å². The zero-order chi connectivity index (χ0) is 31.1. The van der Waals surface area contributed by atoms with Crippen LogP contribution in [0.1, 0.15) is 38.2 Å². The molecule has 9 nitrogen and oxygen atoms in total. The van der Waals surface area contributed by atoms with Crippen LogP contribution in [0, 0.1) is 0 Å². The van der Waals surface area contributed by atoms with E-state index in [1.165, 1.54) is 43.4 Å². The highest BCUT2D eigenvalue weighted by atomic mass is 35.5. The molecule has 230 valence electrons. The number of hydrogen-bond donors (Lipinski definition) is 1. The van der Waals surface area contributed by atoms with Gasteiger partial charge in [-0.2, -0.15) is 0 Å². The van der Waals surface area contributed by atoms with Crippen LogP contribution in [0.15, 0.2) is 71.6 Å². The van der Waals surface area contributed by atoms with Crippen LogP contribution in [-0.2, 0) is 26.2 Å². The van der Waals surface area contributed by atoms with Gasteiger partial charge in [-0.05, 0) is 56.2 Å². The van der Waals surface area contributed by atoms with Gasteiger partial charge < -0.3 is 19.7 Å². The third-order valence-electron chi connectivity index (χ3n) is 7.52. The van der Waals surface area contributed by atoms with Crippen molar-refractivity contribution < 1.29 is 27.5 Å². The molecule has 3 aromatic rings. The number of carbonyl (C=O) groups is 2. The fourth-order valence-corrected chi connectivity index (χ4v) is 7.00. The molecule has 1 aliphatic carbocycles. The van der Waals surface area contributed by atoms with Crippen LogP contribution in [-0.4, -0.2) is 58.0 Å². The maximum atomic E-state index is 14.2. The molecule has 43 heavy (non-hydrogen) atoms. The Labute approximate surface area is 262 Å². The van der Waals surface area contributed by atoms with Gasteiger partial charge in [-0.1, -0.05) is 60.3 Å². The van der Waals surface area contributed by atoms with Gasteiger partial charge in [-0.15, -0.1) is 0 Å². The average molecular weight is 649 g/mol. The van der Waals surface area contributed by atoms with Crippen LogP contribution in [0.2, 0.25) is 10.0 Å². The predicted molar refractivity (Wildman–Crippen MR) is 167 cm³/mol. The van der Waals surface area contributed by atoms with Gasteiger partial charge in [0.1, 0.15) is 12.6 Å². The van der Waals surface area contributed by atoms with Crippen LogP contribution in [0.3, 0.4) is 0 Å². The lowest BCUT2D eigenvalue weighted by atomic mass is 10.1. The van der Waals surface area contributed by atoms with Gasteiger partial charge >= 0.3 is 0 Å². The number of anilines is 1. The maximum absolute atomic E-state index is 14.2. The summed E-state index contributed by atoms with van der Waals surface area (Å²) in [5.41, 5.74) is 0.622. The number of amides is 2. The number of benzene rings is 3. The van der Waals surface area contributed by atoms with Crippen LogP contribution in [0.5, 0.6) is 11.5 Å². The SMILES string of the molecule is COc1ccc(N(CC(=O)N(Cc2c(Cl)cccc2Cl)[C@H](C)C(=O)NC2CCCC2)S(=O)(=O)c2ccccc2)cc1OC. The first kappa shape index (κ1) is 32.4. The summed E-state index contributed by atoms with van der Waals surface area (Å²) in [6.45, 7) is 0.886. The quantitative estimate of drug-likeness (QED) is 0.271. The van der Waals surface area contributed by atoms with E-state index in [0.717, 1.165) is 30.0 Å². The van der Waals surface area contributed by atoms with Crippen molar-refractivity contribution in [3.05, 3.63) is 82.3 Å². The molecule has 0 heterocycles. The fraction of sp³-hybridized carbons (Fsp3) is 0.355. The van der Waals surface area contributed by atoms with Gasteiger partial charge in [0.2, 0.25) is 11.8 Å². The second kappa shape index (κ2) is 14.3. The summed E-state index contributed by atoms with van der Waals surface area (Å²) in [5, 5.41) is 3.68. The standard InChI is InChI=1S/C31H35Cl2N3O6S/c1-21(31(38)34-22-10-7-8-11-22)35(19-25-26(32)14-9-15-27(25)33)30(37)20-36(43(39,40)24-12-5-4-6-13-24)23-16-17-28(41-2)29(18-23)42-3/h4-6,9,12-18,21-22H,7-8,10-11,19-20H2,1-3H3,(H,34,38)/t21-/m1/s1. The molecule has 0 bridgehead atoms. The number of halogens is 2. The fourth-order valence-electron chi connectivity index (χ4n) is 5.06. The average Bonchev–Trinajstić information content (AvgIpc) is 3.52. The monoisotopic (exact) mass is 647 g/mol. The topological polar surface area (TPSA) is 105 Å². The molecule has 1 N–H and O–H groups in total. The molecule has 0 saturated heterocycles. The number of hydrogen-bond acceptors (Lipinski definition) is 6. The van der Waals surface area contributed by atoms with Crippen molar-refractivity contribution in [2.75, 3.05) is 25.1 Å². The smallest absolute Gasteiger partial charge is 0.264 e. The Balaban J connectivity index is 1.75. The third kappa shape index (κ3) is 7.55. The van der Waals surface area contributed by atoms with Gasteiger partial charge in [0.25, 0.3) is 10.0 Å². The number of rotatable bonds is 12. The zero-order valence-electron chi connectivity index (χ0n) is 24.3. The van der Waals surface area contributed by atoms with Crippen molar-refractivity contribution in [2.24, 2.45) is 0 Å². The number of methoxy groups -OCH3 is 2. The lowest BCUT2D eigenvalue weighted by molar-refractivity contribution is -0.139. The van der Waals surface area contributed by atoms with Crippen molar-refractivity contribution in [1.82, 2.24) is 10.2 Å². The van der Waals surface area contributed by atoms with E-state index in [2.05, 4.69) is 5.32 Å².